The molecule has 22 heavy (non-hydrogen) atoms. The van der Waals surface area contributed by atoms with Crippen LogP contribution in [0.2, 0.25) is 0 Å². The molecule has 1 aromatic carbocycles. The summed E-state index contributed by atoms with van der Waals surface area (Å²) in [5.41, 5.74) is 1.22. The molecule has 0 aromatic heterocycles. The molecular weight excluding hydrogens is 302 g/mol. The quantitative estimate of drug-likeness (QED) is 0.835. The highest BCUT2D eigenvalue weighted by molar-refractivity contribution is 7.89. The SMILES string of the molecule is CCS(=O)(=O)NCCC(c1ccc2c(c1)OCCO2)C1CC1. The lowest BCUT2D eigenvalue weighted by atomic mass is 9.91. The number of nitrogens with one attached hydrogen (secondary N) is 1. The Kier molecular flexibility index (Phi) is 4.59. The molecule has 1 unspecified atom stereocenters. The van der Waals surface area contributed by atoms with Crippen molar-refractivity contribution in [3.63, 3.8) is 0 Å². The second kappa shape index (κ2) is 6.46. The van der Waals surface area contributed by atoms with Gasteiger partial charge < -0.3 is 9.47 Å². The van der Waals surface area contributed by atoms with Crippen molar-refractivity contribution >= 4 is 10.0 Å². The fraction of sp³-hybridized carbons (Fsp3) is 0.625. The number of rotatable bonds is 7. The minimum absolute atomic E-state index is 0.130. The maximum absolute atomic E-state index is 11.5. The molecular formula is C16H23NO4S. The summed E-state index contributed by atoms with van der Waals surface area (Å²) in [4.78, 5) is 0. The number of sulfonamides is 1. The van der Waals surface area contributed by atoms with E-state index in [4.69, 9.17) is 9.47 Å². The molecule has 0 bridgehead atoms. The zero-order chi connectivity index (χ0) is 15.6. The second-order valence-corrected chi connectivity index (χ2v) is 8.03. The maximum Gasteiger partial charge on any atom is 0.211 e. The van der Waals surface area contributed by atoms with Gasteiger partial charge >= 0.3 is 0 Å². The van der Waals surface area contributed by atoms with E-state index in [1.54, 1.807) is 6.92 Å². The van der Waals surface area contributed by atoms with Gasteiger partial charge in [-0.3, -0.25) is 0 Å². The van der Waals surface area contributed by atoms with E-state index >= 15 is 0 Å². The summed E-state index contributed by atoms with van der Waals surface area (Å²) in [5.74, 6) is 2.79. The zero-order valence-electron chi connectivity index (χ0n) is 12.9. The molecule has 1 aliphatic heterocycles. The third-order valence-corrected chi connectivity index (χ3v) is 5.75. The van der Waals surface area contributed by atoms with Gasteiger partial charge in [-0.15, -0.1) is 0 Å². The van der Waals surface area contributed by atoms with E-state index in [0.717, 1.165) is 17.9 Å². The highest BCUT2D eigenvalue weighted by Gasteiger charge is 2.32. The highest BCUT2D eigenvalue weighted by atomic mass is 32.2. The van der Waals surface area contributed by atoms with Crippen LogP contribution in [0, 0.1) is 5.92 Å². The molecule has 6 heteroatoms. The van der Waals surface area contributed by atoms with Crippen molar-refractivity contribution in [1.82, 2.24) is 4.72 Å². The molecule has 0 saturated heterocycles. The van der Waals surface area contributed by atoms with E-state index in [0.29, 0.717) is 31.6 Å². The van der Waals surface area contributed by atoms with E-state index in [9.17, 15) is 8.42 Å². The van der Waals surface area contributed by atoms with Crippen LogP contribution < -0.4 is 14.2 Å². The Hall–Kier alpha value is -1.27. The van der Waals surface area contributed by atoms with Crippen LogP contribution in [-0.2, 0) is 10.0 Å². The molecule has 122 valence electrons. The predicted molar refractivity (Wildman–Crippen MR) is 85.0 cm³/mol. The summed E-state index contributed by atoms with van der Waals surface area (Å²) >= 11 is 0. The van der Waals surface area contributed by atoms with Gasteiger partial charge in [0, 0.05) is 6.54 Å². The van der Waals surface area contributed by atoms with Gasteiger partial charge in [-0.25, -0.2) is 13.1 Å². The van der Waals surface area contributed by atoms with Gasteiger partial charge in [-0.05, 0) is 55.7 Å². The Balaban J connectivity index is 1.69. The largest absolute Gasteiger partial charge is 0.486 e. The first-order valence-electron chi connectivity index (χ1n) is 7.96. The van der Waals surface area contributed by atoms with Gasteiger partial charge in [-0.2, -0.15) is 0 Å². The van der Waals surface area contributed by atoms with Gasteiger partial charge in [0.05, 0.1) is 5.75 Å². The van der Waals surface area contributed by atoms with Crippen LogP contribution in [0.25, 0.3) is 0 Å². The first-order valence-corrected chi connectivity index (χ1v) is 9.61. The van der Waals surface area contributed by atoms with Gasteiger partial charge in [0.2, 0.25) is 10.0 Å². The van der Waals surface area contributed by atoms with E-state index in [1.807, 2.05) is 6.07 Å². The lowest BCUT2D eigenvalue weighted by molar-refractivity contribution is 0.171. The Morgan fingerprint density at radius 1 is 1.23 bits per heavy atom. The molecule has 1 fully saturated rings. The van der Waals surface area contributed by atoms with Crippen molar-refractivity contribution < 1.29 is 17.9 Å². The van der Waals surface area contributed by atoms with Gasteiger partial charge in [0.15, 0.2) is 11.5 Å². The summed E-state index contributed by atoms with van der Waals surface area (Å²) in [6.45, 7) is 3.32. The Morgan fingerprint density at radius 2 is 1.95 bits per heavy atom. The van der Waals surface area contributed by atoms with Crippen LogP contribution in [0.3, 0.4) is 0 Å². The Morgan fingerprint density at radius 3 is 2.64 bits per heavy atom. The highest BCUT2D eigenvalue weighted by Crippen LogP contribution is 2.46. The molecule has 1 aromatic rings. The average Bonchev–Trinajstić information content (AvgIpc) is 3.36. The Labute approximate surface area is 132 Å². The lowest BCUT2D eigenvalue weighted by Crippen LogP contribution is -2.27. The van der Waals surface area contributed by atoms with Crippen molar-refractivity contribution in [2.24, 2.45) is 5.92 Å². The molecule has 0 radical (unpaired) electrons. The predicted octanol–water partition coefficient (Wildman–Crippen LogP) is 2.28. The van der Waals surface area contributed by atoms with E-state index < -0.39 is 10.0 Å². The van der Waals surface area contributed by atoms with Gasteiger partial charge in [0.25, 0.3) is 0 Å². The summed E-state index contributed by atoms with van der Waals surface area (Å²) in [6.07, 6.45) is 3.27. The lowest BCUT2D eigenvalue weighted by Gasteiger charge is -2.22. The molecule has 3 rings (SSSR count). The Bertz CT molecular complexity index is 625. The minimum atomic E-state index is -3.11. The summed E-state index contributed by atoms with van der Waals surface area (Å²) in [6, 6.07) is 6.12. The van der Waals surface area contributed by atoms with Crippen molar-refractivity contribution in [3.05, 3.63) is 23.8 Å². The number of benzene rings is 1. The molecule has 1 heterocycles. The number of fused-ring (bicyclic) bond motifs is 1. The molecule has 1 saturated carbocycles. The van der Waals surface area contributed by atoms with Crippen LogP contribution in [0.5, 0.6) is 11.5 Å². The van der Waals surface area contributed by atoms with Crippen molar-refractivity contribution in [2.45, 2.75) is 32.1 Å². The van der Waals surface area contributed by atoms with Crippen LogP contribution in [-0.4, -0.2) is 33.9 Å². The van der Waals surface area contributed by atoms with Crippen molar-refractivity contribution in [2.75, 3.05) is 25.5 Å². The van der Waals surface area contributed by atoms with Crippen molar-refractivity contribution in [1.29, 1.82) is 0 Å². The molecule has 1 aliphatic carbocycles. The summed E-state index contributed by atoms with van der Waals surface area (Å²) in [7, 11) is -3.11. The second-order valence-electron chi connectivity index (χ2n) is 5.93. The normalized spacial score (nSPS) is 19.0. The third kappa shape index (κ3) is 3.73. The van der Waals surface area contributed by atoms with Crippen LogP contribution in [0.15, 0.2) is 18.2 Å². The fourth-order valence-corrected chi connectivity index (χ4v) is 3.57. The summed E-state index contributed by atoms with van der Waals surface area (Å²) in [5, 5.41) is 0. The molecule has 0 spiro atoms. The monoisotopic (exact) mass is 325 g/mol. The summed E-state index contributed by atoms with van der Waals surface area (Å²) < 4.78 is 37.0. The van der Waals surface area contributed by atoms with E-state index in [2.05, 4.69) is 16.9 Å². The standard InChI is InChI=1S/C16H23NO4S/c1-2-22(18,19)17-8-7-14(12-3-4-12)13-5-6-15-16(11-13)21-10-9-20-15/h5-6,11-12,14,17H,2-4,7-10H2,1H3. The van der Waals surface area contributed by atoms with Crippen molar-refractivity contribution in [3.8, 4) is 11.5 Å². The van der Waals surface area contributed by atoms with E-state index in [-0.39, 0.29) is 5.75 Å². The van der Waals surface area contributed by atoms with Gasteiger partial charge in [0.1, 0.15) is 13.2 Å². The molecule has 0 amide bonds. The molecule has 5 nitrogen and oxygen atoms in total. The third-order valence-electron chi connectivity index (χ3n) is 4.34. The van der Waals surface area contributed by atoms with Crippen LogP contribution in [0.1, 0.15) is 37.7 Å². The smallest absolute Gasteiger partial charge is 0.211 e. The average molecular weight is 325 g/mol. The maximum atomic E-state index is 11.5. The molecule has 1 atom stereocenters. The minimum Gasteiger partial charge on any atom is -0.486 e. The zero-order valence-corrected chi connectivity index (χ0v) is 13.7. The first-order chi connectivity index (χ1) is 10.6. The van der Waals surface area contributed by atoms with Gasteiger partial charge in [-0.1, -0.05) is 6.07 Å². The molecule has 2 aliphatic rings. The number of hydrogen-bond donors (Lipinski definition) is 1. The van der Waals surface area contributed by atoms with Crippen LogP contribution >= 0.6 is 0 Å². The fourth-order valence-electron chi connectivity index (χ4n) is 2.94. The number of ether oxygens (including phenoxy) is 2. The first kappa shape index (κ1) is 15.6. The van der Waals surface area contributed by atoms with Crippen LogP contribution in [0.4, 0.5) is 0 Å². The number of hydrogen-bond acceptors (Lipinski definition) is 4. The topological polar surface area (TPSA) is 64.6 Å². The van der Waals surface area contributed by atoms with E-state index in [1.165, 1.54) is 18.4 Å². The molecule has 1 N–H and O–H groups in total.